The van der Waals surface area contributed by atoms with Gasteiger partial charge in [-0.15, -0.1) is 11.3 Å². The van der Waals surface area contributed by atoms with Crippen LogP contribution in [0.4, 0.5) is 10.1 Å². The van der Waals surface area contributed by atoms with Crippen molar-refractivity contribution in [3.8, 4) is 0 Å². The van der Waals surface area contributed by atoms with Gasteiger partial charge >= 0.3 is 0 Å². The van der Waals surface area contributed by atoms with Crippen LogP contribution in [0.3, 0.4) is 0 Å². The third-order valence-corrected chi connectivity index (χ3v) is 6.20. The lowest BCUT2D eigenvalue weighted by molar-refractivity contribution is -0.117. The van der Waals surface area contributed by atoms with Crippen molar-refractivity contribution < 1.29 is 14.0 Å². The molecule has 1 unspecified atom stereocenters. The number of nitrogens with zero attached hydrogens (tertiary/aromatic N) is 1. The number of hydrogen-bond acceptors (Lipinski definition) is 3. The van der Waals surface area contributed by atoms with E-state index in [1.54, 1.807) is 12.1 Å². The fraction of sp³-hybridized carbons (Fsp3) is 0.0833. The van der Waals surface area contributed by atoms with Gasteiger partial charge in [-0.3, -0.25) is 9.59 Å². The highest BCUT2D eigenvalue weighted by molar-refractivity contribution is 7.10. The van der Waals surface area contributed by atoms with E-state index in [0.29, 0.717) is 16.8 Å². The highest BCUT2D eigenvalue weighted by Crippen LogP contribution is 2.39. The molecule has 0 fully saturated rings. The third-order valence-electron chi connectivity index (χ3n) is 5.28. The number of fused-ring (bicyclic) bond motifs is 2. The van der Waals surface area contributed by atoms with Gasteiger partial charge < -0.3 is 10.2 Å². The molecule has 0 saturated carbocycles. The van der Waals surface area contributed by atoms with Crippen LogP contribution in [0.5, 0.6) is 0 Å². The summed E-state index contributed by atoms with van der Waals surface area (Å²) < 4.78 is 14.2. The first-order valence-electron chi connectivity index (χ1n) is 9.52. The molecule has 3 aromatic carbocycles. The summed E-state index contributed by atoms with van der Waals surface area (Å²) in [6.07, 6.45) is 0. The quantitative estimate of drug-likeness (QED) is 0.487. The van der Waals surface area contributed by atoms with E-state index in [0.717, 1.165) is 15.6 Å². The van der Waals surface area contributed by atoms with Crippen molar-refractivity contribution in [1.29, 1.82) is 0 Å². The van der Waals surface area contributed by atoms with Crippen LogP contribution in [-0.2, 0) is 4.79 Å². The maximum absolute atomic E-state index is 14.2. The average Bonchev–Trinajstić information content (AvgIpc) is 3.24. The number of thiophene rings is 1. The Morgan fingerprint density at radius 1 is 1.00 bits per heavy atom. The molecule has 148 valence electrons. The van der Waals surface area contributed by atoms with Crippen LogP contribution in [0.15, 0.2) is 78.2 Å². The number of carbonyl (C=O) groups is 2. The summed E-state index contributed by atoms with van der Waals surface area (Å²) in [7, 11) is 0. The minimum atomic E-state index is -0.561. The van der Waals surface area contributed by atoms with E-state index in [1.807, 2.05) is 53.9 Å². The predicted octanol–water partition coefficient (Wildman–Crippen LogP) is 5.22. The molecule has 5 rings (SSSR count). The molecule has 2 heterocycles. The van der Waals surface area contributed by atoms with Crippen LogP contribution in [-0.4, -0.2) is 23.3 Å². The first-order valence-corrected chi connectivity index (χ1v) is 10.4. The van der Waals surface area contributed by atoms with Crippen LogP contribution in [0.25, 0.3) is 10.8 Å². The van der Waals surface area contributed by atoms with Gasteiger partial charge in [-0.2, -0.15) is 0 Å². The summed E-state index contributed by atoms with van der Waals surface area (Å²) in [4.78, 5) is 28.6. The minimum absolute atomic E-state index is 0.121. The van der Waals surface area contributed by atoms with Gasteiger partial charge in [0.25, 0.3) is 5.91 Å². The number of rotatable bonds is 2. The fourth-order valence-electron chi connectivity index (χ4n) is 3.91. The Bertz CT molecular complexity index is 1270. The van der Waals surface area contributed by atoms with Gasteiger partial charge in [-0.1, -0.05) is 36.4 Å². The number of amides is 2. The predicted molar refractivity (Wildman–Crippen MR) is 116 cm³/mol. The zero-order valence-electron chi connectivity index (χ0n) is 15.8. The fourth-order valence-corrected chi connectivity index (χ4v) is 4.76. The average molecular weight is 416 g/mol. The van der Waals surface area contributed by atoms with Crippen molar-refractivity contribution in [3.63, 3.8) is 0 Å². The van der Waals surface area contributed by atoms with E-state index in [2.05, 4.69) is 5.32 Å². The smallest absolute Gasteiger partial charge is 0.255 e. The van der Waals surface area contributed by atoms with Crippen molar-refractivity contribution in [2.24, 2.45) is 0 Å². The molecule has 1 atom stereocenters. The van der Waals surface area contributed by atoms with Gasteiger partial charge in [0, 0.05) is 21.7 Å². The molecule has 0 spiro atoms. The van der Waals surface area contributed by atoms with E-state index >= 15 is 0 Å². The maximum atomic E-state index is 14.2. The number of anilines is 1. The van der Waals surface area contributed by atoms with E-state index in [-0.39, 0.29) is 18.4 Å². The summed E-state index contributed by atoms with van der Waals surface area (Å²) in [6, 6.07) is 20.8. The zero-order chi connectivity index (χ0) is 20.7. The lowest BCUT2D eigenvalue weighted by Gasteiger charge is -2.29. The SMILES string of the molecule is O=C1CN(C(=O)c2ccc3ccccc3c2)C(c2cccs2)c2cc(F)ccc2N1. The van der Waals surface area contributed by atoms with Crippen LogP contribution in [0.2, 0.25) is 0 Å². The lowest BCUT2D eigenvalue weighted by Crippen LogP contribution is -2.38. The molecule has 1 N–H and O–H groups in total. The van der Waals surface area contributed by atoms with E-state index in [4.69, 9.17) is 0 Å². The summed E-state index contributed by atoms with van der Waals surface area (Å²) in [5.41, 5.74) is 1.58. The molecular formula is C24H17FN2O2S. The van der Waals surface area contributed by atoms with E-state index in [1.165, 1.54) is 28.4 Å². The highest BCUT2D eigenvalue weighted by atomic mass is 32.1. The standard InChI is InChI=1S/C24H17FN2O2S/c25-18-9-10-20-19(13-18)23(21-6-3-11-30-21)27(14-22(28)26-20)24(29)17-8-7-15-4-1-2-5-16(15)12-17/h1-13,23H,14H2,(H,26,28). The molecule has 1 aliphatic rings. The molecule has 4 aromatic rings. The zero-order valence-corrected chi connectivity index (χ0v) is 16.7. The number of carbonyl (C=O) groups excluding carboxylic acids is 2. The summed E-state index contributed by atoms with van der Waals surface area (Å²) in [5, 5.41) is 6.70. The second-order valence-corrected chi connectivity index (χ2v) is 8.17. The normalized spacial score (nSPS) is 16.1. The lowest BCUT2D eigenvalue weighted by atomic mass is 10.00. The minimum Gasteiger partial charge on any atom is -0.324 e. The van der Waals surface area contributed by atoms with Crippen molar-refractivity contribution in [1.82, 2.24) is 4.90 Å². The molecular weight excluding hydrogens is 399 g/mol. The number of halogens is 1. The Kier molecular flexibility index (Phi) is 4.56. The van der Waals surface area contributed by atoms with E-state index < -0.39 is 11.9 Å². The van der Waals surface area contributed by atoms with Crippen molar-refractivity contribution in [3.05, 3.63) is 100.0 Å². The second-order valence-electron chi connectivity index (χ2n) is 7.19. The van der Waals surface area contributed by atoms with Crippen LogP contribution in [0, 0.1) is 5.82 Å². The van der Waals surface area contributed by atoms with Crippen molar-refractivity contribution in [2.75, 3.05) is 11.9 Å². The van der Waals surface area contributed by atoms with Gasteiger partial charge in [-0.05, 0) is 52.6 Å². The van der Waals surface area contributed by atoms with Crippen molar-refractivity contribution in [2.45, 2.75) is 6.04 Å². The number of nitrogens with one attached hydrogen (secondary N) is 1. The number of benzene rings is 3. The van der Waals surface area contributed by atoms with Gasteiger partial charge in [0.1, 0.15) is 12.4 Å². The van der Waals surface area contributed by atoms with Gasteiger partial charge in [-0.25, -0.2) is 4.39 Å². The largest absolute Gasteiger partial charge is 0.324 e. The third kappa shape index (κ3) is 3.25. The van der Waals surface area contributed by atoms with Crippen LogP contribution >= 0.6 is 11.3 Å². The Hall–Kier alpha value is -3.51. The van der Waals surface area contributed by atoms with Crippen molar-refractivity contribution >= 4 is 39.6 Å². The van der Waals surface area contributed by atoms with Gasteiger partial charge in [0.15, 0.2) is 0 Å². The summed E-state index contributed by atoms with van der Waals surface area (Å²) in [5.74, 6) is -0.993. The molecule has 1 aliphatic heterocycles. The topological polar surface area (TPSA) is 49.4 Å². The van der Waals surface area contributed by atoms with Gasteiger partial charge in [0.2, 0.25) is 5.91 Å². The molecule has 1 aromatic heterocycles. The molecule has 4 nitrogen and oxygen atoms in total. The Labute approximate surface area is 176 Å². The first kappa shape index (κ1) is 18.5. The molecule has 0 saturated heterocycles. The Morgan fingerprint density at radius 3 is 2.63 bits per heavy atom. The summed E-state index contributed by atoms with van der Waals surface area (Å²) in [6.45, 7) is -0.121. The first-order chi connectivity index (χ1) is 14.6. The van der Waals surface area contributed by atoms with E-state index in [9.17, 15) is 14.0 Å². The molecule has 30 heavy (non-hydrogen) atoms. The second kappa shape index (κ2) is 7.39. The Balaban J connectivity index is 1.65. The monoisotopic (exact) mass is 416 g/mol. The summed E-state index contributed by atoms with van der Waals surface area (Å²) >= 11 is 1.47. The molecule has 6 heteroatoms. The Morgan fingerprint density at radius 2 is 1.83 bits per heavy atom. The molecule has 0 bridgehead atoms. The van der Waals surface area contributed by atoms with Crippen LogP contribution in [0.1, 0.15) is 26.8 Å². The number of hydrogen-bond donors (Lipinski definition) is 1. The molecule has 0 radical (unpaired) electrons. The van der Waals surface area contributed by atoms with Gasteiger partial charge in [0.05, 0.1) is 6.04 Å². The molecule has 0 aliphatic carbocycles. The maximum Gasteiger partial charge on any atom is 0.255 e. The highest BCUT2D eigenvalue weighted by Gasteiger charge is 2.34. The molecule has 2 amide bonds. The van der Waals surface area contributed by atoms with Crippen LogP contribution < -0.4 is 5.32 Å².